The first kappa shape index (κ1) is 19.0. The minimum Gasteiger partial charge on any atom is -0.481 e. The second-order valence-electron chi connectivity index (χ2n) is 6.55. The van der Waals surface area contributed by atoms with Gasteiger partial charge in [0.2, 0.25) is 5.89 Å². The number of rotatable bonds is 4. The molecule has 0 saturated heterocycles. The van der Waals surface area contributed by atoms with Gasteiger partial charge in [-0.05, 0) is 25.2 Å². The number of nitrogens with zero attached hydrogens (tertiary/aromatic N) is 2. The molecule has 1 heterocycles. The highest BCUT2D eigenvalue weighted by Crippen LogP contribution is 2.63. The lowest BCUT2D eigenvalue weighted by Crippen LogP contribution is -2.22. The lowest BCUT2D eigenvalue weighted by Gasteiger charge is -2.13. The average Bonchev–Trinajstić information content (AvgIpc) is 2.84. The summed E-state index contributed by atoms with van der Waals surface area (Å²) < 4.78 is 37.2. The van der Waals surface area contributed by atoms with E-state index < -0.39 is 23.5 Å². The van der Waals surface area contributed by atoms with Crippen LogP contribution >= 0.6 is 0 Å². The molecule has 2 aliphatic rings. The number of alkyl halides is 3. The van der Waals surface area contributed by atoms with Gasteiger partial charge in [-0.1, -0.05) is 18.9 Å². The maximum Gasteiger partial charge on any atom is 0.490 e. The number of nitrogens with one attached hydrogen (secondary N) is 1. The minimum atomic E-state index is -5.08. The van der Waals surface area contributed by atoms with Gasteiger partial charge in [-0.3, -0.25) is 4.79 Å². The molecule has 2 aliphatic carbocycles. The molecule has 2 saturated carbocycles. The van der Waals surface area contributed by atoms with Crippen LogP contribution < -0.4 is 5.32 Å². The van der Waals surface area contributed by atoms with E-state index in [2.05, 4.69) is 15.5 Å². The van der Waals surface area contributed by atoms with Gasteiger partial charge in [-0.15, -0.1) is 5.10 Å². The summed E-state index contributed by atoms with van der Waals surface area (Å²) in [4.78, 5) is 20.1. The van der Waals surface area contributed by atoms with Gasteiger partial charge in [-0.25, -0.2) is 4.79 Å². The zero-order chi connectivity index (χ0) is 19.0. The van der Waals surface area contributed by atoms with E-state index in [1.807, 2.05) is 13.8 Å². The average molecular weight is 365 g/mol. The van der Waals surface area contributed by atoms with E-state index in [1.165, 1.54) is 0 Å². The largest absolute Gasteiger partial charge is 0.490 e. The van der Waals surface area contributed by atoms with Crippen LogP contribution in [0.2, 0.25) is 0 Å². The predicted octanol–water partition coefficient (Wildman–Crippen LogP) is 2.49. The Kier molecular flexibility index (Phi) is 4.96. The molecule has 3 atom stereocenters. The second-order valence-corrected chi connectivity index (χ2v) is 6.55. The van der Waals surface area contributed by atoms with Crippen molar-refractivity contribution in [3.63, 3.8) is 0 Å². The maximum atomic E-state index is 11.2. The fourth-order valence-electron chi connectivity index (χ4n) is 2.97. The number of anilines is 1. The van der Waals surface area contributed by atoms with Crippen LogP contribution in [-0.2, 0) is 9.59 Å². The molecule has 3 N–H and O–H groups in total. The molecule has 11 heteroatoms. The molecule has 3 rings (SSSR count). The summed E-state index contributed by atoms with van der Waals surface area (Å²) in [6, 6.07) is 0.547. The number of aliphatic carboxylic acids is 2. The standard InChI is InChI=1S/C12H17N3O3.C2HF3O2/c1-6(2)9-14-15-11(18-9)13-8-3-7-4-12(7,5-8)10(16)17;3-2(4,5)1(6)7/h6-8H,3-5H2,1-2H3,(H,13,15)(H,16,17);(H,6,7)/t7-,8+,12+;/m0./s1. The summed E-state index contributed by atoms with van der Waals surface area (Å²) in [7, 11) is 0. The number of aromatic nitrogens is 2. The van der Waals surface area contributed by atoms with E-state index in [9.17, 15) is 23.1 Å². The number of fused-ring (bicyclic) bond motifs is 1. The van der Waals surface area contributed by atoms with E-state index >= 15 is 0 Å². The van der Waals surface area contributed by atoms with Crippen LogP contribution in [-0.4, -0.2) is 44.6 Å². The van der Waals surface area contributed by atoms with Gasteiger partial charge in [0.25, 0.3) is 0 Å². The highest BCUT2D eigenvalue weighted by molar-refractivity contribution is 5.79. The Labute approximate surface area is 140 Å². The summed E-state index contributed by atoms with van der Waals surface area (Å²) in [5, 5.41) is 27.4. The van der Waals surface area contributed by atoms with Gasteiger partial charge in [0.05, 0.1) is 5.41 Å². The molecule has 25 heavy (non-hydrogen) atoms. The zero-order valence-corrected chi connectivity index (χ0v) is 13.5. The Morgan fingerprint density at radius 2 is 1.88 bits per heavy atom. The van der Waals surface area contributed by atoms with Gasteiger partial charge >= 0.3 is 24.1 Å². The molecule has 2 fully saturated rings. The molecule has 0 aliphatic heterocycles. The molecule has 0 unspecified atom stereocenters. The van der Waals surface area contributed by atoms with Crippen molar-refractivity contribution in [3.8, 4) is 0 Å². The van der Waals surface area contributed by atoms with E-state index in [-0.39, 0.29) is 12.0 Å². The van der Waals surface area contributed by atoms with Crippen molar-refractivity contribution in [2.24, 2.45) is 11.3 Å². The Bertz CT molecular complexity index is 660. The van der Waals surface area contributed by atoms with Crippen molar-refractivity contribution in [3.05, 3.63) is 5.89 Å². The van der Waals surface area contributed by atoms with Gasteiger partial charge in [0, 0.05) is 12.0 Å². The summed E-state index contributed by atoms with van der Waals surface area (Å²) in [5.74, 6) is -2.29. The molecule has 1 aromatic heterocycles. The molecule has 8 nitrogen and oxygen atoms in total. The van der Waals surface area contributed by atoms with Gasteiger partial charge in [-0.2, -0.15) is 13.2 Å². The summed E-state index contributed by atoms with van der Waals surface area (Å²) in [6.45, 7) is 3.98. The molecule has 0 radical (unpaired) electrons. The van der Waals surface area contributed by atoms with Crippen molar-refractivity contribution in [2.45, 2.75) is 51.2 Å². The van der Waals surface area contributed by atoms with E-state index in [1.54, 1.807) is 0 Å². The Balaban J connectivity index is 0.000000277. The van der Waals surface area contributed by atoms with E-state index in [0.717, 1.165) is 12.8 Å². The molecule has 1 aromatic rings. The van der Waals surface area contributed by atoms with Gasteiger partial charge < -0.3 is 19.9 Å². The van der Waals surface area contributed by atoms with Crippen LogP contribution in [0.25, 0.3) is 0 Å². The van der Waals surface area contributed by atoms with Crippen LogP contribution in [0, 0.1) is 11.3 Å². The third-order valence-electron chi connectivity index (χ3n) is 4.34. The number of hydrogen-bond acceptors (Lipinski definition) is 6. The first-order chi connectivity index (χ1) is 11.5. The summed E-state index contributed by atoms with van der Waals surface area (Å²) in [5.41, 5.74) is -0.474. The third-order valence-corrected chi connectivity index (χ3v) is 4.34. The Morgan fingerprint density at radius 1 is 1.28 bits per heavy atom. The van der Waals surface area contributed by atoms with Gasteiger partial charge in [0.15, 0.2) is 0 Å². The SMILES string of the molecule is CC(C)c1nnc(N[C@@H]2C[C@H]3C[C@@]3(C(=O)O)C2)o1.O=C(O)C(F)(F)F. The number of carbonyl (C=O) groups is 2. The highest BCUT2D eigenvalue weighted by Gasteiger charge is 2.65. The molecular formula is C14H18F3N3O5. The summed E-state index contributed by atoms with van der Waals surface area (Å²) >= 11 is 0. The topological polar surface area (TPSA) is 126 Å². The minimum absolute atomic E-state index is 0.139. The quantitative estimate of drug-likeness (QED) is 0.743. The molecule has 140 valence electrons. The molecule has 0 spiro atoms. The number of carboxylic acid groups (broad SMARTS) is 2. The monoisotopic (exact) mass is 365 g/mol. The Hall–Kier alpha value is -2.33. The van der Waals surface area contributed by atoms with Crippen LogP contribution in [0.5, 0.6) is 0 Å². The normalized spacial score (nSPS) is 27.3. The highest BCUT2D eigenvalue weighted by atomic mass is 19.4. The number of carboxylic acids is 2. The van der Waals surface area contributed by atoms with Crippen molar-refractivity contribution in [1.29, 1.82) is 0 Å². The number of hydrogen-bond donors (Lipinski definition) is 3. The Morgan fingerprint density at radius 3 is 2.28 bits per heavy atom. The molecule has 0 aromatic carbocycles. The maximum absolute atomic E-state index is 11.2. The van der Waals surface area contributed by atoms with Crippen molar-refractivity contribution in [1.82, 2.24) is 10.2 Å². The molecule has 0 bridgehead atoms. The van der Waals surface area contributed by atoms with Crippen LogP contribution in [0.15, 0.2) is 4.42 Å². The van der Waals surface area contributed by atoms with Gasteiger partial charge in [0.1, 0.15) is 0 Å². The van der Waals surface area contributed by atoms with Crippen LogP contribution in [0.1, 0.15) is 44.9 Å². The fraction of sp³-hybridized carbons (Fsp3) is 0.714. The van der Waals surface area contributed by atoms with E-state index in [4.69, 9.17) is 14.3 Å². The third kappa shape index (κ3) is 4.20. The number of halogens is 3. The first-order valence-electron chi connectivity index (χ1n) is 7.59. The smallest absolute Gasteiger partial charge is 0.481 e. The second kappa shape index (κ2) is 6.52. The zero-order valence-electron chi connectivity index (χ0n) is 13.5. The van der Waals surface area contributed by atoms with Crippen LogP contribution in [0.4, 0.5) is 19.2 Å². The van der Waals surface area contributed by atoms with Crippen LogP contribution in [0.3, 0.4) is 0 Å². The molecule has 0 amide bonds. The summed E-state index contributed by atoms with van der Waals surface area (Å²) in [6.07, 6.45) is -2.72. The lowest BCUT2D eigenvalue weighted by molar-refractivity contribution is -0.192. The van der Waals surface area contributed by atoms with Crippen molar-refractivity contribution >= 4 is 18.0 Å². The van der Waals surface area contributed by atoms with Crippen molar-refractivity contribution < 1.29 is 37.4 Å². The van der Waals surface area contributed by atoms with E-state index in [0.29, 0.717) is 24.2 Å². The fourth-order valence-corrected chi connectivity index (χ4v) is 2.97. The first-order valence-corrected chi connectivity index (χ1v) is 7.59. The predicted molar refractivity (Wildman–Crippen MR) is 76.9 cm³/mol. The van der Waals surface area contributed by atoms with Crippen molar-refractivity contribution in [2.75, 3.05) is 5.32 Å². The lowest BCUT2D eigenvalue weighted by atomic mass is 10.0. The molecular weight excluding hydrogens is 347 g/mol.